The monoisotopic (exact) mass is 317 g/mol. The molecule has 0 atom stereocenters. The highest BCUT2D eigenvalue weighted by molar-refractivity contribution is 5.92. The first-order chi connectivity index (χ1) is 11.2. The Hall–Kier alpha value is -2.18. The van der Waals surface area contributed by atoms with Crippen LogP contribution in [-0.2, 0) is 4.79 Å². The number of anilines is 1. The topological polar surface area (TPSA) is 69.6 Å². The SMILES string of the molecule is CC1CCN(c2nccc(C(=O)N3CCN(C=O)CC3)n2)CC1. The molecule has 1 aromatic rings. The third-order valence-corrected chi connectivity index (χ3v) is 4.68. The molecule has 2 aliphatic rings. The number of amides is 2. The van der Waals surface area contributed by atoms with Crippen LogP contribution in [0.15, 0.2) is 12.3 Å². The van der Waals surface area contributed by atoms with Crippen molar-refractivity contribution in [2.75, 3.05) is 44.2 Å². The Labute approximate surface area is 136 Å². The van der Waals surface area contributed by atoms with Gasteiger partial charge in [0.05, 0.1) is 0 Å². The van der Waals surface area contributed by atoms with Crippen molar-refractivity contribution in [3.63, 3.8) is 0 Å². The maximum Gasteiger partial charge on any atom is 0.272 e. The highest BCUT2D eigenvalue weighted by Gasteiger charge is 2.24. The normalized spacial score (nSPS) is 19.8. The maximum atomic E-state index is 12.6. The molecule has 124 valence electrons. The van der Waals surface area contributed by atoms with Crippen LogP contribution in [0, 0.1) is 5.92 Å². The summed E-state index contributed by atoms with van der Waals surface area (Å²) in [5, 5.41) is 0. The first kappa shape index (κ1) is 15.7. The summed E-state index contributed by atoms with van der Waals surface area (Å²) in [6, 6.07) is 1.67. The van der Waals surface area contributed by atoms with Gasteiger partial charge in [-0.15, -0.1) is 0 Å². The molecule has 0 N–H and O–H groups in total. The van der Waals surface area contributed by atoms with Crippen LogP contribution >= 0.6 is 0 Å². The zero-order valence-corrected chi connectivity index (χ0v) is 13.5. The molecule has 0 unspecified atom stereocenters. The van der Waals surface area contributed by atoms with Gasteiger partial charge in [-0.25, -0.2) is 9.97 Å². The van der Waals surface area contributed by atoms with E-state index < -0.39 is 0 Å². The Morgan fingerprint density at radius 1 is 1.17 bits per heavy atom. The van der Waals surface area contributed by atoms with Crippen molar-refractivity contribution in [1.82, 2.24) is 19.8 Å². The van der Waals surface area contributed by atoms with Gasteiger partial charge in [0.15, 0.2) is 0 Å². The highest BCUT2D eigenvalue weighted by atomic mass is 16.2. The molecule has 2 saturated heterocycles. The average Bonchev–Trinajstić information content (AvgIpc) is 2.62. The van der Waals surface area contributed by atoms with Crippen molar-refractivity contribution >= 4 is 18.3 Å². The van der Waals surface area contributed by atoms with Gasteiger partial charge >= 0.3 is 0 Å². The molecule has 2 amide bonds. The highest BCUT2D eigenvalue weighted by Crippen LogP contribution is 2.20. The van der Waals surface area contributed by atoms with E-state index in [0.717, 1.165) is 38.3 Å². The largest absolute Gasteiger partial charge is 0.342 e. The number of hydrogen-bond donors (Lipinski definition) is 0. The zero-order chi connectivity index (χ0) is 16.2. The summed E-state index contributed by atoms with van der Waals surface area (Å²) in [4.78, 5) is 37.7. The lowest BCUT2D eigenvalue weighted by Crippen LogP contribution is -2.48. The number of nitrogens with zero attached hydrogens (tertiary/aromatic N) is 5. The third-order valence-electron chi connectivity index (χ3n) is 4.68. The van der Waals surface area contributed by atoms with Crippen molar-refractivity contribution in [2.24, 2.45) is 5.92 Å². The van der Waals surface area contributed by atoms with Gasteiger partial charge in [0, 0.05) is 45.5 Å². The fourth-order valence-electron chi connectivity index (χ4n) is 3.02. The molecule has 0 aliphatic carbocycles. The molecule has 3 rings (SSSR count). The first-order valence-electron chi connectivity index (χ1n) is 8.24. The second-order valence-corrected chi connectivity index (χ2v) is 6.35. The smallest absolute Gasteiger partial charge is 0.272 e. The minimum Gasteiger partial charge on any atom is -0.342 e. The number of aromatic nitrogens is 2. The summed E-state index contributed by atoms with van der Waals surface area (Å²) in [7, 11) is 0. The van der Waals surface area contributed by atoms with E-state index in [1.54, 1.807) is 22.1 Å². The van der Waals surface area contributed by atoms with Crippen molar-refractivity contribution in [2.45, 2.75) is 19.8 Å². The van der Waals surface area contributed by atoms with Crippen LogP contribution in [0.2, 0.25) is 0 Å². The van der Waals surface area contributed by atoms with E-state index in [9.17, 15) is 9.59 Å². The summed E-state index contributed by atoms with van der Waals surface area (Å²) in [5.74, 6) is 1.31. The van der Waals surface area contributed by atoms with E-state index in [0.29, 0.717) is 37.8 Å². The Kier molecular flexibility index (Phi) is 4.73. The fourth-order valence-corrected chi connectivity index (χ4v) is 3.02. The number of piperidine rings is 1. The third kappa shape index (κ3) is 3.60. The molecule has 7 heteroatoms. The van der Waals surface area contributed by atoms with Crippen molar-refractivity contribution in [3.8, 4) is 0 Å². The molecule has 0 aromatic carbocycles. The molecule has 3 heterocycles. The van der Waals surface area contributed by atoms with Crippen molar-refractivity contribution < 1.29 is 9.59 Å². The van der Waals surface area contributed by atoms with Gasteiger partial charge in [-0.1, -0.05) is 6.92 Å². The van der Waals surface area contributed by atoms with Crippen molar-refractivity contribution in [3.05, 3.63) is 18.0 Å². The van der Waals surface area contributed by atoms with Gasteiger partial charge in [-0.05, 0) is 24.8 Å². The number of carbonyl (C=O) groups is 2. The summed E-state index contributed by atoms with van der Waals surface area (Å²) < 4.78 is 0. The minimum absolute atomic E-state index is 0.0791. The van der Waals surface area contributed by atoms with Crippen LogP contribution in [-0.4, -0.2) is 71.4 Å². The van der Waals surface area contributed by atoms with Gasteiger partial charge in [-0.3, -0.25) is 9.59 Å². The van der Waals surface area contributed by atoms with Gasteiger partial charge in [0.25, 0.3) is 5.91 Å². The molecular formula is C16H23N5O2. The van der Waals surface area contributed by atoms with Crippen LogP contribution in [0.3, 0.4) is 0 Å². The van der Waals surface area contributed by atoms with E-state index >= 15 is 0 Å². The Bertz CT molecular complexity index is 563. The zero-order valence-electron chi connectivity index (χ0n) is 13.5. The molecule has 0 saturated carbocycles. The second kappa shape index (κ2) is 6.93. The lowest BCUT2D eigenvalue weighted by Gasteiger charge is -2.33. The van der Waals surface area contributed by atoms with Crippen LogP contribution in [0.4, 0.5) is 5.95 Å². The van der Waals surface area contributed by atoms with E-state index in [1.807, 2.05) is 0 Å². The predicted molar refractivity (Wildman–Crippen MR) is 86.2 cm³/mol. The van der Waals surface area contributed by atoms with Gasteiger partial charge < -0.3 is 14.7 Å². The predicted octanol–water partition coefficient (Wildman–Crippen LogP) is 0.627. The van der Waals surface area contributed by atoms with Gasteiger partial charge in [0.1, 0.15) is 5.69 Å². The van der Waals surface area contributed by atoms with E-state index in [-0.39, 0.29) is 5.91 Å². The standard InChI is InChI=1S/C16H23N5O2/c1-13-3-6-21(7-4-13)16-17-5-2-14(18-16)15(23)20-10-8-19(12-22)9-11-20/h2,5,12-13H,3-4,6-11H2,1H3. The molecule has 2 fully saturated rings. The first-order valence-corrected chi connectivity index (χ1v) is 8.24. The van der Waals surface area contributed by atoms with E-state index in [4.69, 9.17) is 0 Å². The Balaban J connectivity index is 1.67. The van der Waals surface area contributed by atoms with E-state index in [1.165, 1.54) is 0 Å². The van der Waals surface area contributed by atoms with Gasteiger partial charge in [0.2, 0.25) is 12.4 Å². The van der Waals surface area contributed by atoms with Crippen LogP contribution < -0.4 is 4.90 Å². The fraction of sp³-hybridized carbons (Fsp3) is 0.625. The van der Waals surface area contributed by atoms with Gasteiger partial charge in [-0.2, -0.15) is 0 Å². The quantitative estimate of drug-likeness (QED) is 0.765. The number of carbonyl (C=O) groups excluding carboxylic acids is 2. The van der Waals surface area contributed by atoms with Crippen LogP contribution in [0.1, 0.15) is 30.3 Å². The maximum absolute atomic E-state index is 12.6. The summed E-state index contributed by atoms with van der Waals surface area (Å²) in [5.41, 5.74) is 0.438. The number of piperazine rings is 1. The van der Waals surface area contributed by atoms with E-state index in [2.05, 4.69) is 21.8 Å². The molecule has 1 aromatic heterocycles. The molecule has 2 aliphatic heterocycles. The average molecular weight is 317 g/mol. The molecule has 23 heavy (non-hydrogen) atoms. The summed E-state index contributed by atoms with van der Waals surface area (Å²) in [6.07, 6.45) is 4.77. The number of rotatable bonds is 3. The van der Waals surface area contributed by atoms with Crippen molar-refractivity contribution in [1.29, 1.82) is 0 Å². The summed E-state index contributed by atoms with van der Waals surface area (Å²) in [6.45, 7) is 6.41. The van der Waals surface area contributed by atoms with Crippen LogP contribution in [0.25, 0.3) is 0 Å². The molecule has 0 spiro atoms. The molecular weight excluding hydrogens is 294 g/mol. The number of hydrogen-bond acceptors (Lipinski definition) is 5. The molecule has 0 radical (unpaired) electrons. The Morgan fingerprint density at radius 2 is 1.87 bits per heavy atom. The lowest BCUT2D eigenvalue weighted by atomic mass is 10.00. The second-order valence-electron chi connectivity index (χ2n) is 6.35. The molecule has 7 nitrogen and oxygen atoms in total. The molecule has 0 bridgehead atoms. The lowest BCUT2D eigenvalue weighted by molar-refractivity contribution is -0.119. The van der Waals surface area contributed by atoms with Crippen LogP contribution in [0.5, 0.6) is 0 Å². The summed E-state index contributed by atoms with van der Waals surface area (Å²) >= 11 is 0. The minimum atomic E-state index is -0.0791. The Morgan fingerprint density at radius 3 is 2.52 bits per heavy atom.